The standard InChI is InChI=1S/C10H7FN2S/c11-8-4-7(5-12-6-8)9-2-1-3-10(14)13-9/h1-6H,(H,13,14). The minimum atomic E-state index is -0.356. The quantitative estimate of drug-likeness (QED) is 0.727. The molecule has 0 bridgehead atoms. The van der Waals surface area contributed by atoms with Crippen molar-refractivity contribution < 1.29 is 4.39 Å². The molecule has 0 atom stereocenters. The molecule has 2 aromatic heterocycles. The van der Waals surface area contributed by atoms with Crippen molar-refractivity contribution in [1.29, 1.82) is 0 Å². The first-order valence-corrected chi connectivity index (χ1v) is 4.47. The molecule has 2 heterocycles. The van der Waals surface area contributed by atoms with Crippen LogP contribution in [0.4, 0.5) is 4.39 Å². The van der Waals surface area contributed by atoms with E-state index in [-0.39, 0.29) is 5.82 Å². The minimum Gasteiger partial charge on any atom is -0.346 e. The number of pyridine rings is 2. The molecule has 4 heteroatoms. The maximum absolute atomic E-state index is 12.9. The SMILES string of the molecule is Fc1cncc(-c2cccc(=S)[nH]2)c1. The highest BCUT2D eigenvalue weighted by atomic mass is 32.1. The summed E-state index contributed by atoms with van der Waals surface area (Å²) in [4.78, 5) is 6.72. The van der Waals surface area contributed by atoms with Gasteiger partial charge in [-0.05, 0) is 18.2 Å². The third-order valence-corrected chi connectivity index (χ3v) is 2.02. The topological polar surface area (TPSA) is 28.7 Å². The van der Waals surface area contributed by atoms with Crippen LogP contribution in [0.5, 0.6) is 0 Å². The van der Waals surface area contributed by atoms with Gasteiger partial charge in [-0.3, -0.25) is 4.98 Å². The van der Waals surface area contributed by atoms with Gasteiger partial charge in [0.15, 0.2) is 0 Å². The molecule has 14 heavy (non-hydrogen) atoms. The van der Waals surface area contributed by atoms with Crippen LogP contribution in [0.15, 0.2) is 36.7 Å². The molecule has 0 saturated heterocycles. The highest BCUT2D eigenvalue weighted by Crippen LogP contribution is 2.15. The summed E-state index contributed by atoms with van der Waals surface area (Å²) in [5, 5.41) is 0. The molecule has 2 rings (SSSR count). The van der Waals surface area contributed by atoms with E-state index < -0.39 is 0 Å². The average Bonchev–Trinajstić information content (AvgIpc) is 2.18. The average molecular weight is 206 g/mol. The van der Waals surface area contributed by atoms with Crippen LogP contribution >= 0.6 is 12.2 Å². The summed E-state index contributed by atoms with van der Waals surface area (Å²) in [6, 6.07) is 6.82. The molecule has 1 N–H and O–H groups in total. The van der Waals surface area contributed by atoms with Crippen molar-refractivity contribution in [3.63, 3.8) is 0 Å². The van der Waals surface area contributed by atoms with Gasteiger partial charge in [-0.1, -0.05) is 18.3 Å². The Morgan fingerprint density at radius 1 is 1.29 bits per heavy atom. The van der Waals surface area contributed by atoms with Crippen LogP contribution in [-0.2, 0) is 0 Å². The molecule has 2 aromatic rings. The van der Waals surface area contributed by atoms with Crippen LogP contribution in [0, 0.1) is 10.5 Å². The number of hydrogen-bond acceptors (Lipinski definition) is 2. The maximum Gasteiger partial charge on any atom is 0.142 e. The monoisotopic (exact) mass is 206 g/mol. The van der Waals surface area contributed by atoms with E-state index in [4.69, 9.17) is 12.2 Å². The van der Waals surface area contributed by atoms with Crippen LogP contribution in [-0.4, -0.2) is 9.97 Å². The first kappa shape index (κ1) is 9.02. The Morgan fingerprint density at radius 3 is 2.86 bits per heavy atom. The number of halogens is 1. The Bertz CT molecular complexity index is 507. The van der Waals surface area contributed by atoms with E-state index in [2.05, 4.69) is 9.97 Å². The van der Waals surface area contributed by atoms with Crippen molar-refractivity contribution in [2.75, 3.05) is 0 Å². The summed E-state index contributed by atoms with van der Waals surface area (Å²) in [6.45, 7) is 0. The fourth-order valence-electron chi connectivity index (χ4n) is 1.18. The Balaban J connectivity index is 2.55. The lowest BCUT2D eigenvalue weighted by Gasteiger charge is -2.00. The van der Waals surface area contributed by atoms with Gasteiger partial charge in [0.1, 0.15) is 10.5 Å². The molecule has 0 aliphatic carbocycles. The van der Waals surface area contributed by atoms with E-state index in [9.17, 15) is 4.39 Å². The van der Waals surface area contributed by atoms with Crippen molar-refractivity contribution in [1.82, 2.24) is 9.97 Å². The highest BCUT2D eigenvalue weighted by molar-refractivity contribution is 7.71. The summed E-state index contributed by atoms with van der Waals surface area (Å²) in [5.74, 6) is -0.356. The second-order valence-electron chi connectivity index (χ2n) is 2.82. The van der Waals surface area contributed by atoms with Crippen molar-refractivity contribution in [2.24, 2.45) is 0 Å². The third-order valence-electron chi connectivity index (χ3n) is 1.78. The summed E-state index contributed by atoms with van der Waals surface area (Å²) in [7, 11) is 0. The zero-order valence-electron chi connectivity index (χ0n) is 7.20. The lowest BCUT2D eigenvalue weighted by Crippen LogP contribution is -1.86. The first-order valence-electron chi connectivity index (χ1n) is 4.06. The van der Waals surface area contributed by atoms with E-state index in [1.165, 1.54) is 12.3 Å². The van der Waals surface area contributed by atoms with E-state index >= 15 is 0 Å². The maximum atomic E-state index is 12.9. The molecule has 0 aliphatic rings. The number of rotatable bonds is 1. The van der Waals surface area contributed by atoms with Gasteiger partial charge in [-0.25, -0.2) is 4.39 Å². The third kappa shape index (κ3) is 1.85. The van der Waals surface area contributed by atoms with E-state index in [0.29, 0.717) is 10.2 Å². The molecular weight excluding hydrogens is 199 g/mol. The molecule has 0 aromatic carbocycles. The second kappa shape index (κ2) is 3.67. The summed E-state index contributed by atoms with van der Waals surface area (Å²) < 4.78 is 13.5. The van der Waals surface area contributed by atoms with Crippen LogP contribution < -0.4 is 0 Å². The fourth-order valence-corrected chi connectivity index (χ4v) is 1.36. The lowest BCUT2D eigenvalue weighted by molar-refractivity contribution is 0.622. The number of H-pyrrole nitrogens is 1. The smallest absolute Gasteiger partial charge is 0.142 e. The Labute approximate surface area is 85.5 Å². The molecule has 0 fully saturated rings. The Morgan fingerprint density at radius 2 is 2.14 bits per heavy atom. The van der Waals surface area contributed by atoms with Crippen molar-refractivity contribution >= 4 is 12.2 Å². The van der Waals surface area contributed by atoms with Gasteiger partial charge >= 0.3 is 0 Å². The first-order chi connectivity index (χ1) is 6.75. The summed E-state index contributed by atoms with van der Waals surface area (Å²) >= 11 is 4.96. The molecule has 0 amide bonds. The number of aromatic nitrogens is 2. The molecule has 0 unspecified atom stereocenters. The van der Waals surface area contributed by atoms with Crippen molar-refractivity contribution in [2.45, 2.75) is 0 Å². The summed E-state index contributed by atoms with van der Waals surface area (Å²) in [5.41, 5.74) is 1.46. The predicted molar refractivity (Wildman–Crippen MR) is 54.8 cm³/mol. The second-order valence-corrected chi connectivity index (χ2v) is 3.26. The largest absolute Gasteiger partial charge is 0.346 e. The van der Waals surface area contributed by atoms with E-state index in [1.54, 1.807) is 12.3 Å². The molecule has 70 valence electrons. The van der Waals surface area contributed by atoms with E-state index in [0.717, 1.165) is 5.69 Å². The zero-order chi connectivity index (χ0) is 9.97. The van der Waals surface area contributed by atoms with E-state index in [1.807, 2.05) is 12.1 Å². The number of hydrogen-bond donors (Lipinski definition) is 1. The van der Waals surface area contributed by atoms with Gasteiger partial charge in [-0.15, -0.1) is 0 Å². The zero-order valence-corrected chi connectivity index (χ0v) is 8.01. The predicted octanol–water partition coefficient (Wildman–Crippen LogP) is 2.95. The van der Waals surface area contributed by atoms with Gasteiger partial charge in [-0.2, -0.15) is 0 Å². The molecule has 0 radical (unpaired) electrons. The van der Waals surface area contributed by atoms with Crippen LogP contribution in [0.25, 0.3) is 11.3 Å². The lowest BCUT2D eigenvalue weighted by atomic mass is 10.2. The van der Waals surface area contributed by atoms with Crippen molar-refractivity contribution in [3.8, 4) is 11.3 Å². The van der Waals surface area contributed by atoms with Crippen LogP contribution in [0.1, 0.15) is 0 Å². The number of nitrogens with zero attached hydrogens (tertiary/aromatic N) is 1. The van der Waals surface area contributed by atoms with Gasteiger partial charge in [0.05, 0.1) is 6.20 Å². The normalized spacial score (nSPS) is 10.1. The molecule has 0 aliphatic heterocycles. The van der Waals surface area contributed by atoms with Gasteiger partial charge < -0.3 is 4.98 Å². The molecule has 0 spiro atoms. The Hall–Kier alpha value is -1.55. The van der Waals surface area contributed by atoms with Crippen LogP contribution in [0.2, 0.25) is 0 Å². The van der Waals surface area contributed by atoms with Gasteiger partial charge in [0.25, 0.3) is 0 Å². The van der Waals surface area contributed by atoms with Crippen molar-refractivity contribution in [3.05, 3.63) is 47.1 Å². The highest BCUT2D eigenvalue weighted by Gasteiger charge is 1.98. The number of nitrogens with one attached hydrogen (secondary N) is 1. The molecular formula is C10H7FN2S. The minimum absolute atomic E-state index is 0.356. The Kier molecular flexibility index (Phi) is 2.37. The number of aromatic amines is 1. The fraction of sp³-hybridized carbons (Fsp3) is 0. The van der Waals surface area contributed by atoms with Crippen LogP contribution in [0.3, 0.4) is 0 Å². The summed E-state index contributed by atoms with van der Waals surface area (Å²) in [6.07, 6.45) is 2.75. The van der Waals surface area contributed by atoms with Gasteiger partial charge in [0, 0.05) is 17.5 Å². The molecule has 0 saturated carbocycles. The van der Waals surface area contributed by atoms with Gasteiger partial charge in [0.2, 0.25) is 0 Å². The molecule has 2 nitrogen and oxygen atoms in total.